The summed E-state index contributed by atoms with van der Waals surface area (Å²) in [5.74, 6) is 1.15. The Kier molecular flexibility index (Phi) is 5.68. The molecule has 4 nitrogen and oxygen atoms in total. The van der Waals surface area contributed by atoms with E-state index in [1.54, 1.807) is 6.20 Å². The van der Waals surface area contributed by atoms with E-state index in [1.807, 2.05) is 92.7 Å². The Labute approximate surface area is 176 Å². The van der Waals surface area contributed by atoms with Crippen molar-refractivity contribution < 1.29 is 14.6 Å². The van der Waals surface area contributed by atoms with Gasteiger partial charge in [-0.15, -0.1) is 0 Å². The quantitative estimate of drug-likeness (QED) is 0.457. The van der Waals surface area contributed by atoms with Crippen molar-refractivity contribution in [3.05, 3.63) is 102 Å². The van der Waals surface area contributed by atoms with Gasteiger partial charge in [-0.25, -0.2) is 0 Å². The van der Waals surface area contributed by atoms with Crippen LogP contribution in [0.25, 0.3) is 10.8 Å². The summed E-state index contributed by atoms with van der Waals surface area (Å²) in [6, 6.07) is 25.1. The van der Waals surface area contributed by atoms with Gasteiger partial charge in [0.05, 0.1) is 18.9 Å². The number of hydrogen-bond donors (Lipinski definition) is 1. The Balaban J connectivity index is 2.16. The molecule has 0 aliphatic carbocycles. The lowest BCUT2D eigenvalue weighted by Crippen LogP contribution is -2.31. The first kappa shape index (κ1) is 19.9. The summed E-state index contributed by atoms with van der Waals surface area (Å²) in [5, 5.41) is 14.3. The monoisotopic (exact) mass is 399 g/mol. The van der Waals surface area contributed by atoms with E-state index in [0.717, 1.165) is 10.8 Å². The number of rotatable bonds is 7. The minimum atomic E-state index is -1.53. The van der Waals surface area contributed by atoms with Gasteiger partial charge in [0.2, 0.25) is 0 Å². The number of hydrogen-bond acceptors (Lipinski definition) is 4. The normalized spacial score (nSPS) is 13.0. The predicted molar refractivity (Wildman–Crippen MR) is 119 cm³/mol. The van der Waals surface area contributed by atoms with Crippen LogP contribution >= 0.6 is 0 Å². The van der Waals surface area contributed by atoms with Crippen molar-refractivity contribution in [3.8, 4) is 11.5 Å². The van der Waals surface area contributed by atoms with Crippen molar-refractivity contribution in [2.24, 2.45) is 0 Å². The Morgan fingerprint density at radius 3 is 2.23 bits per heavy atom. The van der Waals surface area contributed by atoms with Crippen LogP contribution in [0.4, 0.5) is 0 Å². The highest BCUT2D eigenvalue weighted by molar-refractivity contribution is 5.92. The van der Waals surface area contributed by atoms with Crippen LogP contribution in [0.1, 0.15) is 30.7 Å². The molecule has 0 saturated heterocycles. The summed E-state index contributed by atoms with van der Waals surface area (Å²) in [6.45, 7) is 4.80. The Morgan fingerprint density at radius 1 is 0.833 bits per heavy atom. The topological polar surface area (TPSA) is 51.6 Å². The molecule has 4 aromatic rings. The third-order valence-electron chi connectivity index (χ3n) is 5.15. The standard InChI is InChI=1S/C26H25NO3/c1-3-29-22-18-19-12-8-9-15-21(19)24(25(22)30-4-2)26(28,20-13-6-5-7-14-20)23-16-10-11-17-27-23/h5-18,28H,3-4H2,1-2H3. The molecule has 0 saturated carbocycles. The maximum absolute atomic E-state index is 12.4. The van der Waals surface area contributed by atoms with Crippen LogP contribution in [-0.4, -0.2) is 23.3 Å². The lowest BCUT2D eigenvalue weighted by molar-refractivity contribution is 0.117. The van der Waals surface area contributed by atoms with Crippen molar-refractivity contribution in [1.29, 1.82) is 0 Å². The Hall–Kier alpha value is -3.37. The molecule has 0 fully saturated rings. The summed E-state index contributed by atoms with van der Waals surface area (Å²) < 4.78 is 12.1. The molecule has 1 heterocycles. The zero-order chi connectivity index (χ0) is 21.0. The second kappa shape index (κ2) is 8.56. The third-order valence-corrected chi connectivity index (χ3v) is 5.15. The molecular weight excluding hydrogens is 374 g/mol. The van der Waals surface area contributed by atoms with Gasteiger partial charge < -0.3 is 14.6 Å². The van der Waals surface area contributed by atoms with Crippen molar-refractivity contribution in [2.75, 3.05) is 13.2 Å². The number of pyridine rings is 1. The molecule has 1 atom stereocenters. The first-order chi connectivity index (χ1) is 14.7. The SMILES string of the molecule is CCOc1cc2ccccc2c(C(O)(c2ccccc2)c2ccccn2)c1OCC. The van der Waals surface area contributed by atoms with E-state index >= 15 is 0 Å². The van der Waals surface area contributed by atoms with Gasteiger partial charge in [-0.05, 0) is 48.4 Å². The van der Waals surface area contributed by atoms with Gasteiger partial charge in [-0.3, -0.25) is 4.98 Å². The van der Waals surface area contributed by atoms with Gasteiger partial charge >= 0.3 is 0 Å². The summed E-state index contributed by atoms with van der Waals surface area (Å²) in [4.78, 5) is 4.54. The highest BCUT2D eigenvalue weighted by Gasteiger charge is 2.40. The molecule has 152 valence electrons. The number of aromatic nitrogens is 1. The van der Waals surface area contributed by atoms with Gasteiger partial charge in [0.15, 0.2) is 17.1 Å². The minimum Gasteiger partial charge on any atom is -0.490 e. The first-order valence-corrected chi connectivity index (χ1v) is 10.2. The second-order valence-corrected chi connectivity index (χ2v) is 6.96. The fourth-order valence-corrected chi connectivity index (χ4v) is 3.89. The first-order valence-electron chi connectivity index (χ1n) is 10.2. The van der Waals surface area contributed by atoms with Crippen LogP contribution in [0.2, 0.25) is 0 Å². The highest BCUT2D eigenvalue weighted by Crippen LogP contribution is 2.48. The van der Waals surface area contributed by atoms with Crippen molar-refractivity contribution in [2.45, 2.75) is 19.4 Å². The molecule has 4 rings (SSSR count). The smallest absolute Gasteiger partial charge is 0.168 e. The number of fused-ring (bicyclic) bond motifs is 1. The Bertz CT molecular complexity index is 1090. The molecule has 1 N–H and O–H groups in total. The molecule has 1 unspecified atom stereocenters. The van der Waals surface area contributed by atoms with Crippen LogP contribution in [0.5, 0.6) is 11.5 Å². The zero-order valence-corrected chi connectivity index (χ0v) is 17.2. The van der Waals surface area contributed by atoms with Gasteiger partial charge in [0, 0.05) is 11.8 Å². The van der Waals surface area contributed by atoms with Gasteiger partial charge in [0.25, 0.3) is 0 Å². The van der Waals surface area contributed by atoms with E-state index in [0.29, 0.717) is 41.5 Å². The van der Waals surface area contributed by atoms with E-state index in [9.17, 15) is 5.11 Å². The average molecular weight is 399 g/mol. The van der Waals surface area contributed by atoms with E-state index in [4.69, 9.17) is 9.47 Å². The molecule has 0 radical (unpaired) electrons. The summed E-state index contributed by atoms with van der Waals surface area (Å²) >= 11 is 0. The van der Waals surface area contributed by atoms with Crippen molar-refractivity contribution in [1.82, 2.24) is 4.98 Å². The molecule has 0 aliphatic heterocycles. The third kappa shape index (κ3) is 3.40. The minimum absolute atomic E-state index is 0.443. The van der Waals surface area contributed by atoms with E-state index < -0.39 is 5.60 Å². The fourth-order valence-electron chi connectivity index (χ4n) is 3.89. The summed E-state index contributed by atoms with van der Waals surface area (Å²) in [6.07, 6.45) is 1.69. The summed E-state index contributed by atoms with van der Waals surface area (Å²) in [5.41, 5.74) is 0.343. The van der Waals surface area contributed by atoms with Crippen molar-refractivity contribution >= 4 is 10.8 Å². The van der Waals surface area contributed by atoms with E-state index in [1.165, 1.54) is 0 Å². The van der Waals surface area contributed by atoms with Gasteiger partial charge in [-0.2, -0.15) is 0 Å². The molecule has 4 heteroatoms. The zero-order valence-electron chi connectivity index (χ0n) is 17.2. The largest absolute Gasteiger partial charge is 0.490 e. The molecule has 1 aromatic heterocycles. The second-order valence-electron chi connectivity index (χ2n) is 6.96. The summed E-state index contributed by atoms with van der Waals surface area (Å²) in [7, 11) is 0. The maximum Gasteiger partial charge on any atom is 0.168 e. The number of benzene rings is 3. The van der Waals surface area contributed by atoms with E-state index in [2.05, 4.69) is 4.98 Å². The molecule has 0 spiro atoms. The van der Waals surface area contributed by atoms with Crippen LogP contribution in [0.3, 0.4) is 0 Å². The van der Waals surface area contributed by atoms with Crippen LogP contribution in [-0.2, 0) is 5.60 Å². The predicted octanol–water partition coefficient (Wildman–Crippen LogP) is 5.32. The average Bonchev–Trinajstić information content (AvgIpc) is 2.80. The highest BCUT2D eigenvalue weighted by atomic mass is 16.5. The maximum atomic E-state index is 12.4. The Morgan fingerprint density at radius 2 is 1.53 bits per heavy atom. The van der Waals surface area contributed by atoms with Crippen LogP contribution in [0, 0.1) is 0 Å². The van der Waals surface area contributed by atoms with E-state index in [-0.39, 0.29) is 0 Å². The van der Waals surface area contributed by atoms with Crippen LogP contribution < -0.4 is 9.47 Å². The molecule has 0 bridgehead atoms. The fraction of sp³-hybridized carbons (Fsp3) is 0.192. The number of aliphatic hydroxyl groups is 1. The number of nitrogens with zero attached hydrogens (tertiary/aromatic N) is 1. The lowest BCUT2D eigenvalue weighted by atomic mass is 9.80. The molecule has 0 amide bonds. The molecule has 30 heavy (non-hydrogen) atoms. The van der Waals surface area contributed by atoms with Gasteiger partial charge in [-0.1, -0.05) is 60.7 Å². The lowest BCUT2D eigenvalue weighted by Gasteiger charge is -2.32. The molecular formula is C26H25NO3. The van der Waals surface area contributed by atoms with Gasteiger partial charge in [0.1, 0.15) is 0 Å². The molecule has 3 aromatic carbocycles. The number of ether oxygens (including phenoxy) is 2. The van der Waals surface area contributed by atoms with Crippen molar-refractivity contribution in [3.63, 3.8) is 0 Å². The molecule has 0 aliphatic rings. The van der Waals surface area contributed by atoms with Crippen LogP contribution in [0.15, 0.2) is 85.1 Å².